The van der Waals surface area contributed by atoms with Crippen molar-refractivity contribution < 1.29 is 4.74 Å². The van der Waals surface area contributed by atoms with Crippen LogP contribution in [0.5, 0.6) is 0 Å². The van der Waals surface area contributed by atoms with Crippen molar-refractivity contribution in [2.45, 2.75) is 38.9 Å². The Kier molecular flexibility index (Phi) is 2.18. The summed E-state index contributed by atoms with van der Waals surface area (Å²) in [7, 11) is 0. The van der Waals surface area contributed by atoms with E-state index in [2.05, 4.69) is 49.7 Å². The number of anilines is 1. The van der Waals surface area contributed by atoms with Crippen LogP contribution in [-0.4, -0.2) is 0 Å². The van der Waals surface area contributed by atoms with Gasteiger partial charge >= 0.3 is 0 Å². The van der Waals surface area contributed by atoms with Crippen LogP contribution in [0.1, 0.15) is 38.8 Å². The second-order valence-corrected chi connectivity index (χ2v) is 5.90. The predicted molar refractivity (Wildman–Crippen MR) is 65.7 cm³/mol. The fraction of sp³-hybridized carbons (Fsp3) is 0.500. The number of ether oxygens (including phenoxy) is 1. The van der Waals surface area contributed by atoms with E-state index < -0.39 is 0 Å². The third kappa shape index (κ3) is 1.58. The smallest absolute Gasteiger partial charge is 0.0891 e. The number of hydrogen-bond donors (Lipinski definition) is 1. The van der Waals surface area contributed by atoms with Crippen molar-refractivity contribution in [3.63, 3.8) is 0 Å². The maximum Gasteiger partial charge on any atom is 0.0891 e. The van der Waals surface area contributed by atoms with Crippen LogP contribution in [0.15, 0.2) is 16.6 Å². The Morgan fingerprint density at radius 3 is 2.07 bits per heavy atom. The molecule has 0 fully saturated rings. The number of rotatable bonds is 0. The molecule has 1 aliphatic rings. The Labute approximate surface area is 98.9 Å². The van der Waals surface area contributed by atoms with Crippen LogP contribution in [0.4, 0.5) is 5.69 Å². The van der Waals surface area contributed by atoms with Gasteiger partial charge in [0, 0.05) is 10.2 Å². The lowest BCUT2D eigenvalue weighted by atomic mass is 9.90. The number of nitrogens with two attached hydrogens (primary N) is 1. The van der Waals surface area contributed by atoms with Crippen LogP contribution in [0.25, 0.3) is 0 Å². The number of hydrogen-bond acceptors (Lipinski definition) is 2. The molecular formula is C12H16BrNO. The summed E-state index contributed by atoms with van der Waals surface area (Å²) in [6.07, 6.45) is 0. The van der Waals surface area contributed by atoms with Crippen LogP contribution >= 0.6 is 15.9 Å². The molecular weight excluding hydrogens is 254 g/mol. The fourth-order valence-corrected chi connectivity index (χ4v) is 2.68. The first-order valence-electron chi connectivity index (χ1n) is 5.04. The van der Waals surface area contributed by atoms with E-state index >= 15 is 0 Å². The van der Waals surface area contributed by atoms with Gasteiger partial charge in [-0.05, 0) is 66.9 Å². The van der Waals surface area contributed by atoms with Crippen molar-refractivity contribution in [2.24, 2.45) is 0 Å². The highest BCUT2D eigenvalue weighted by Gasteiger charge is 2.43. The molecule has 1 aliphatic heterocycles. The second-order valence-electron chi connectivity index (χ2n) is 5.04. The molecule has 82 valence electrons. The largest absolute Gasteiger partial charge is 0.398 e. The van der Waals surface area contributed by atoms with Gasteiger partial charge < -0.3 is 10.5 Å². The van der Waals surface area contributed by atoms with Gasteiger partial charge in [0.25, 0.3) is 0 Å². The molecule has 15 heavy (non-hydrogen) atoms. The molecule has 2 N–H and O–H groups in total. The Bertz CT molecular complexity index is 385. The lowest BCUT2D eigenvalue weighted by Gasteiger charge is -2.24. The van der Waals surface area contributed by atoms with E-state index in [1.54, 1.807) is 0 Å². The van der Waals surface area contributed by atoms with Crippen molar-refractivity contribution in [2.75, 3.05) is 5.73 Å². The summed E-state index contributed by atoms with van der Waals surface area (Å²) >= 11 is 3.46. The van der Waals surface area contributed by atoms with Gasteiger partial charge in [0.15, 0.2) is 0 Å². The van der Waals surface area contributed by atoms with Gasteiger partial charge in [-0.25, -0.2) is 0 Å². The van der Waals surface area contributed by atoms with Gasteiger partial charge in [-0.1, -0.05) is 0 Å². The number of halogens is 1. The highest BCUT2D eigenvalue weighted by Crippen LogP contribution is 2.48. The van der Waals surface area contributed by atoms with Gasteiger partial charge in [-0.15, -0.1) is 0 Å². The second kappa shape index (κ2) is 2.98. The van der Waals surface area contributed by atoms with Gasteiger partial charge in [-0.3, -0.25) is 0 Å². The first-order valence-corrected chi connectivity index (χ1v) is 5.83. The molecule has 0 radical (unpaired) electrons. The minimum Gasteiger partial charge on any atom is -0.398 e. The van der Waals surface area contributed by atoms with E-state index in [-0.39, 0.29) is 11.2 Å². The van der Waals surface area contributed by atoms with Crippen molar-refractivity contribution in [3.05, 3.63) is 27.7 Å². The van der Waals surface area contributed by atoms with Crippen LogP contribution in [0.2, 0.25) is 0 Å². The van der Waals surface area contributed by atoms with Gasteiger partial charge in [0.1, 0.15) is 0 Å². The minimum absolute atomic E-state index is 0.241. The molecule has 0 unspecified atom stereocenters. The lowest BCUT2D eigenvalue weighted by Crippen LogP contribution is -2.22. The molecule has 0 spiro atoms. The van der Waals surface area contributed by atoms with E-state index in [0.29, 0.717) is 0 Å². The first kappa shape index (κ1) is 11.0. The minimum atomic E-state index is -0.256. The van der Waals surface area contributed by atoms with E-state index in [1.165, 1.54) is 11.1 Å². The normalized spacial score (nSPS) is 21.4. The van der Waals surface area contributed by atoms with Crippen molar-refractivity contribution >= 4 is 21.6 Å². The molecule has 0 aliphatic carbocycles. The van der Waals surface area contributed by atoms with E-state index in [9.17, 15) is 0 Å². The van der Waals surface area contributed by atoms with Crippen molar-refractivity contribution in [1.29, 1.82) is 0 Å². The SMILES string of the molecule is CC1(C)OC(C)(C)c2cc(Br)c(N)cc21. The number of benzene rings is 1. The zero-order valence-electron chi connectivity index (χ0n) is 9.52. The zero-order valence-corrected chi connectivity index (χ0v) is 11.1. The molecule has 0 aromatic heterocycles. The topological polar surface area (TPSA) is 35.2 Å². The summed E-state index contributed by atoms with van der Waals surface area (Å²) in [5.74, 6) is 0. The lowest BCUT2D eigenvalue weighted by molar-refractivity contribution is -0.105. The van der Waals surface area contributed by atoms with Crippen LogP contribution in [0.3, 0.4) is 0 Å². The molecule has 0 saturated heterocycles. The maximum absolute atomic E-state index is 6.04. The summed E-state index contributed by atoms with van der Waals surface area (Å²) in [6.45, 7) is 8.33. The Balaban J connectivity index is 2.71. The first-order chi connectivity index (χ1) is 6.74. The van der Waals surface area contributed by atoms with Crippen LogP contribution in [-0.2, 0) is 15.9 Å². The molecule has 1 aromatic rings. The highest BCUT2D eigenvalue weighted by atomic mass is 79.9. The number of nitrogen functional groups attached to an aromatic ring is 1. The fourth-order valence-electron chi connectivity index (χ4n) is 2.33. The molecule has 1 heterocycles. The van der Waals surface area contributed by atoms with E-state index in [1.807, 2.05) is 6.07 Å². The summed E-state index contributed by atoms with van der Waals surface area (Å²) in [5.41, 5.74) is 8.57. The van der Waals surface area contributed by atoms with Crippen molar-refractivity contribution in [3.8, 4) is 0 Å². The zero-order chi connectivity index (χ0) is 11.4. The average molecular weight is 270 g/mol. The molecule has 0 amide bonds. The standard InChI is InChI=1S/C12H16BrNO/c1-11(2)7-5-9(13)10(14)6-8(7)12(3,4)15-11/h5-6H,14H2,1-4H3. The van der Waals surface area contributed by atoms with Crippen LogP contribution in [0, 0.1) is 0 Å². The molecule has 0 saturated carbocycles. The highest BCUT2D eigenvalue weighted by molar-refractivity contribution is 9.10. The van der Waals surface area contributed by atoms with Gasteiger partial charge in [-0.2, -0.15) is 0 Å². The quantitative estimate of drug-likeness (QED) is 0.732. The van der Waals surface area contributed by atoms with E-state index in [4.69, 9.17) is 10.5 Å². The molecule has 3 heteroatoms. The molecule has 2 rings (SSSR count). The summed E-state index contributed by atoms with van der Waals surface area (Å²) < 4.78 is 6.98. The Hall–Kier alpha value is -0.540. The summed E-state index contributed by atoms with van der Waals surface area (Å²) in [4.78, 5) is 0. The Morgan fingerprint density at radius 1 is 1.07 bits per heavy atom. The van der Waals surface area contributed by atoms with Gasteiger partial charge in [0.2, 0.25) is 0 Å². The van der Waals surface area contributed by atoms with Crippen LogP contribution < -0.4 is 5.73 Å². The predicted octanol–water partition coefficient (Wildman–Crippen LogP) is 3.53. The van der Waals surface area contributed by atoms with Crippen molar-refractivity contribution in [1.82, 2.24) is 0 Å². The van der Waals surface area contributed by atoms with E-state index in [0.717, 1.165) is 10.2 Å². The molecule has 1 aromatic carbocycles. The third-order valence-corrected chi connectivity index (χ3v) is 3.63. The summed E-state index contributed by atoms with van der Waals surface area (Å²) in [6, 6.07) is 4.08. The third-order valence-electron chi connectivity index (χ3n) is 2.94. The molecule has 0 bridgehead atoms. The maximum atomic E-state index is 6.04. The summed E-state index contributed by atoms with van der Waals surface area (Å²) in [5, 5.41) is 0. The monoisotopic (exact) mass is 269 g/mol. The number of fused-ring (bicyclic) bond motifs is 1. The Morgan fingerprint density at radius 2 is 1.53 bits per heavy atom. The molecule has 2 nitrogen and oxygen atoms in total. The van der Waals surface area contributed by atoms with Gasteiger partial charge in [0.05, 0.1) is 11.2 Å². The average Bonchev–Trinajstić information content (AvgIpc) is 2.21. The molecule has 0 atom stereocenters.